The van der Waals surface area contributed by atoms with E-state index < -0.39 is 40.9 Å². The monoisotopic (exact) mass is 664 g/mol. The third-order valence-corrected chi connectivity index (χ3v) is 9.07. The average molecular weight is 665 g/mol. The van der Waals surface area contributed by atoms with Crippen molar-refractivity contribution in [1.29, 1.82) is 5.26 Å². The van der Waals surface area contributed by atoms with Crippen LogP contribution in [0.4, 0.5) is 23.4 Å². The number of nitrogens with zero attached hydrogens (tertiary/aromatic N) is 5. The molecule has 11 nitrogen and oxygen atoms in total. The fraction of sp³-hybridized carbons (Fsp3) is 0.424. The molecule has 4 heterocycles. The van der Waals surface area contributed by atoms with E-state index in [9.17, 15) is 19.6 Å². The molecule has 2 aromatic carbocycles. The predicted molar refractivity (Wildman–Crippen MR) is 172 cm³/mol. The Morgan fingerprint density at radius 2 is 1.77 bits per heavy atom. The van der Waals surface area contributed by atoms with Crippen LogP contribution in [-0.4, -0.2) is 74.6 Å². The number of rotatable bonds is 2. The molecule has 2 aromatic heterocycles. The van der Waals surface area contributed by atoms with Gasteiger partial charge in [0, 0.05) is 42.5 Å². The molecule has 3 amide bonds. The Kier molecular flexibility index (Phi) is 7.86. The van der Waals surface area contributed by atoms with Gasteiger partial charge >= 0.3 is 12.2 Å². The molecule has 0 saturated carbocycles. The SMILES string of the molecule is CC(C)(C)OC(=O)Nc1sc2c(F)ccc(-c3c(F)cc4c5c3cnn5CC[C@H]3CN(C(=O)OC(C)(C)C)CCN3C4=O)c2c1C#N. The Bertz CT molecular complexity index is 2000. The fourth-order valence-corrected chi connectivity index (χ4v) is 7.18. The van der Waals surface area contributed by atoms with Crippen molar-refractivity contribution in [2.75, 3.05) is 25.0 Å². The summed E-state index contributed by atoms with van der Waals surface area (Å²) in [5, 5.41) is 17.7. The molecule has 246 valence electrons. The molecule has 0 unspecified atom stereocenters. The average Bonchev–Trinajstić information content (AvgIpc) is 3.55. The molecule has 47 heavy (non-hydrogen) atoms. The van der Waals surface area contributed by atoms with Crippen LogP contribution in [-0.2, 0) is 16.0 Å². The normalized spacial score (nSPS) is 16.8. The highest BCUT2D eigenvalue weighted by atomic mass is 32.1. The zero-order valence-corrected chi connectivity index (χ0v) is 27.7. The Hall–Kier alpha value is -4.77. The van der Waals surface area contributed by atoms with Crippen LogP contribution >= 0.6 is 11.3 Å². The molecule has 2 aliphatic heterocycles. The first kappa shape index (κ1) is 32.2. The number of nitriles is 1. The topological polar surface area (TPSA) is 130 Å². The molecule has 0 bridgehead atoms. The van der Waals surface area contributed by atoms with Crippen LogP contribution in [0.3, 0.4) is 0 Å². The van der Waals surface area contributed by atoms with Crippen molar-refractivity contribution in [2.45, 2.75) is 71.8 Å². The van der Waals surface area contributed by atoms with Gasteiger partial charge in [0.05, 0.1) is 33.6 Å². The lowest BCUT2D eigenvalue weighted by molar-refractivity contribution is 0.00275. The first-order valence-electron chi connectivity index (χ1n) is 15.2. The fourth-order valence-electron chi connectivity index (χ4n) is 6.11. The zero-order valence-electron chi connectivity index (χ0n) is 26.9. The quantitative estimate of drug-likeness (QED) is 0.247. The van der Waals surface area contributed by atoms with Crippen LogP contribution in [0.1, 0.15) is 63.9 Å². The van der Waals surface area contributed by atoms with Gasteiger partial charge in [-0.1, -0.05) is 6.07 Å². The highest BCUT2D eigenvalue weighted by molar-refractivity contribution is 7.23. The maximum absolute atomic E-state index is 16.4. The lowest BCUT2D eigenvalue weighted by Crippen LogP contribution is -2.57. The minimum absolute atomic E-state index is 0.0442. The van der Waals surface area contributed by atoms with Crippen LogP contribution < -0.4 is 5.32 Å². The van der Waals surface area contributed by atoms with E-state index in [0.29, 0.717) is 23.9 Å². The van der Waals surface area contributed by atoms with Crippen LogP contribution in [0, 0.1) is 23.0 Å². The number of carbonyl (C=O) groups excluding carboxylic acids is 3. The first-order valence-corrected chi connectivity index (χ1v) is 16.0. The van der Waals surface area contributed by atoms with Crippen molar-refractivity contribution in [3.8, 4) is 17.2 Å². The first-order chi connectivity index (χ1) is 22.1. The van der Waals surface area contributed by atoms with E-state index in [4.69, 9.17) is 9.47 Å². The van der Waals surface area contributed by atoms with Gasteiger partial charge in [-0.25, -0.2) is 18.4 Å². The highest BCUT2D eigenvalue weighted by Gasteiger charge is 2.38. The Morgan fingerprint density at radius 3 is 2.45 bits per heavy atom. The second kappa shape index (κ2) is 11.5. The Balaban J connectivity index is 1.42. The summed E-state index contributed by atoms with van der Waals surface area (Å²) in [5.74, 6) is -1.79. The molecule has 2 aliphatic rings. The molecule has 1 saturated heterocycles. The number of amides is 3. The number of ether oxygens (including phenoxy) is 2. The zero-order chi connectivity index (χ0) is 34.0. The minimum Gasteiger partial charge on any atom is -0.444 e. The number of aromatic nitrogens is 2. The number of anilines is 1. The van der Waals surface area contributed by atoms with E-state index in [1.807, 2.05) is 6.07 Å². The van der Waals surface area contributed by atoms with E-state index in [0.717, 1.165) is 17.4 Å². The molecule has 4 aromatic rings. The highest BCUT2D eigenvalue weighted by Crippen LogP contribution is 2.45. The number of thiophene rings is 1. The van der Waals surface area contributed by atoms with Crippen LogP contribution in [0.2, 0.25) is 0 Å². The van der Waals surface area contributed by atoms with Crippen molar-refractivity contribution >= 4 is 55.4 Å². The molecule has 0 aliphatic carbocycles. The van der Waals surface area contributed by atoms with E-state index in [2.05, 4.69) is 10.4 Å². The van der Waals surface area contributed by atoms with Gasteiger partial charge in [-0.15, -0.1) is 11.3 Å². The summed E-state index contributed by atoms with van der Waals surface area (Å²) in [6.07, 6.45) is 0.678. The number of fused-ring (bicyclic) bond motifs is 2. The number of carbonyl (C=O) groups is 3. The van der Waals surface area contributed by atoms with Gasteiger partial charge in [0.2, 0.25) is 0 Å². The molecule has 0 radical (unpaired) electrons. The molecule has 1 fully saturated rings. The number of piperazine rings is 1. The van der Waals surface area contributed by atoms with Gasteiger partial charge < -0.3 is 19.3 Å². The molecule has 0 spiro atoms. The van der Waals surface area contributed by atoms with Crippen molar-refractivity contribution in [3.63, 3.8) is 0 Å². The van der Waals surface area contributed by atoms with Crippen molar-refractivity contribution in [1.82, 2.24) is 19.6 Å². The standard InChI is InChI=1S/C33H34F2N6O5S/c1-32(2,3)45-30(43)38-28-20(14-36)25-18(7-8-22(34)27(25)47-28)24-21-15-37-41-10-9-17-16-39(31(44)46-33(4,5)6)11-12-40(17)29(42)19(26(21)41)13-23(24)35/h7-8,13,15,17H,9-12,16H2,1-6H3,(H,38,43)/t17-/m0/s1. The Labute approximate surface area is 273 Å². The summed E-state index contributed by atoms with van der Waals surface area (Å²) < 4.78 is 44.1. The van der Waals surface area contributed by atoms with Gasteiger partial charge in [0.15, 0.2) is 0 Å². The second-order valence-corrected chi connectivity index (χ2v) is 14.6. The number of hydrogen-bond donors (Lipinski definition) is 1. The molecule has 6 rings (SSSR count). The summed E-state index contributed by atoms with van der Waals surface area (Å²) in [6.45, 7) is 11.6. The van der Waals surface area contributed by atoms with E-state index in [1.165, 1.54) is 18.3 Å². The van der Waals surface area contributed by atoms with E-state index >= 15 is 8.78 Å². The van der Waals surface area contributed by atoms with Gasteiger partial charge in [0.25, 0.3) is 5.91 Å². The number of halogens is 2. The third kappa shape index (κ3) is 5.95. The molecular weight excluding hydrogens is 630 g/mol. The van der Waals surface area contributed by atoms with Crippen LogP contribution in [0.15, 0.2) is 24.4 Å². The molecule has 1 atom stereocenters. The van der Waals surface area contributed by atoms with Gasteiger partial charge in [0.1, 0.15) is 33.9 Å². The van der Waals surface area contributed by atoms with Crippen molar-refractivity contribution in [3.05, 3.63) is 47.2 Å². The maximum atomic E-state index is 16.4. The van der Waals surface area contributed by atoms with Crippen LogP contribution in [0.5, 0.6) is 0 Å². The second-order valence-electron chi connectivity index (χ2n) is 13.6. The summed E-state index contributed by atoms with van der Waals surface area (Å²) in [5.41, 5.74) is -0.720. The largest absolute Gasteiger partial charge is 0.444 e. The summed E-state index contributed by atoms with van der Waals surface area (Å²) in [6, 6.07) is 5.43. The maximum Gasteiger partial charge on any atom is 0.412 e. The smallest absolute Gasteiger partial charge is 0.412 e. The van der Waals surface area contributed by atoms with Gasteiger partial charge in [-0.05, 0) is 65.7 Å². The van der Waals surface area contributed by atoms with E-state index in [-0.39, 0.29) is 63.0 Å². The predicted octanol–water partition coefficient (Wildman–Crippen LogP) is 6.88. The lowest BCUT2D eigenvalue weighted by atomic mass is 9.93. The molecular formula is C33H34F2N6O5S. The third-order valence-electron chi connectivity index (χ3n) is 7.96. The van der Waals surface area contributed by atoms with E-state index in [1.54, 1.807) is 56.0 Å². The lowest BCUT2D eigenvalue weighted by Gasteiger charge is -2.42. The summed E-state index contributed by atoms with van der Waals surface area (Å²) >= 11 is 0.847. The number of nitrogens with one attached hydrogen (secondary N) is 1. The van der Waals surface area contributed by atoms with Crippen LogP contribution in [0.25, 0.3) is 32.1 Å². The number of benzene rings is 2. The van der Waals surface area contributed by atoms with Crippen molar-refractivity contribution in [2.24, 2.45) is 0 Å². The number of hydrogen-bond acceptors (Lipinski definition) is 8. The van der Waals surface area contributed by atoms with Crippen molar-refractivity contribution < 1.29 is 32.6 Å². The molecule has 14 heteroatoms. The Morgan fingerprint density at radius 1 is 1.04 bits per heavy atom. The van der Waals surface area contributed by atoms with Gasteiger partial charge in [-0.2, -0.15) is 10.4 Å². The summed E-state index contributed by atoms with van der Waals surface area (Å²) in [4.78, 5) is 42.6. The summed E-state index contributed by atoms with van der Waals surface area (Å²) in [7, 11) is 0. The minimum atomic E-state index is -0.820. The molecule has 1 N–H and O–H groups in total. The van der Waals surface area contributed by atoms with Gasteiger partial charge in [-0.3, -0.25) is 14.8 Å². The number of aryl methyl sites for hydroxylation is 1.